The number of nitrogens with one attached hydrogen (secondary N) is 4. The van der Waals surface area contributed by atoms with Crippen LogP contribution in [0, 0.1) is 0 Å². The van der Waals surface area contributed by atoms with E-state index in [-0.39, 0.29) is 12.8 Å². The van der Waals surface area contributed by atoms with Gasteiger partial charge in [0.2, 0.25) is 0 Å². The molecule has 206 valence electrons. The van der Waals surface area contributed by atoms with Gasteiger partial charge in [-0.1, -0.05) is 46.5 Å². The highest BCUT2D eigenvalue weighted by atomic mass is 16.6. The summed E-state index contributed by atoms with van der Waals surface area (Å²) < 4.78 is 19.2. The van der Waals surface area contributed by atoms with Gasteiger partial charge in [0.25, 0.3) is 0 Å². The van der Waals surface area contributed by atoms with Gasteiger partial charge in [-0.05, 0) is 33.9 Å². The summed E-state index contributed by atoms with van der Waals surface area (Å²) in [5.74, 6) is 0. The van der Waals surface area contributed by atoms with Gasteiger partial charge < -0.3 is 40.6 Å². The summed E-state index contributed by atoms with van der Waals surface area (Å²) in [5.41, 5.74) is 5.21. The van der Waals surface area contributed by atoms with E-state index in [0.29, 0.717) is 33.1 Å². The smallest absolute Gasteiger partial charge is 0.408 e. The fourth-order valence-corrected chi connectivity index (χ4v) is 1.39. The van der Waals surface area contributed by atoms with Gasteiger partial charge in [0.05, 0.1) is 32.8 Å². The fraction of sp³-hybridized carbons (Fsp3) is 0.826. The SMILES string of the molecule is CCCC.CCCCCN.CCOC(=O)NCNC.CCOC(=O)NCOCCO/C=C\NC. The molecule has 0 atom stereocenters. The van der Waals surface area contributed by atoms with Crippen molar-refractivity contribution in [2.75, 3.05) is 60.5 Å². The van der Waals surface area contributed by atoms with E-state index in [1.807, 2.05) is 0 Å². The molecule has 34 heavy (non-hydrogen) atoms. The van der Waals surface area contributed by atoms with Crippen molar-refractivity contribution in [1.82, 2.24) is 21.3 Å². The van der Waals surface area contributed by atoms with Crippen molar-refractivity contribution in [2.24, 2.45) is 5.73 Å². The lowest BCUT2D eigenvalue weighted by Crippen LogP contribution is -2.32. The molecule has 0 aliphatic rings. The normalized spacial score (nSPS) is 9.18. The largest absolute Gasteiger partial charge is 0.497 e. The van der Waals surface area contributed by atoms with Gasteiger partial charge >= 0.3 is 12.2 Å². The molecule has 2 amide bonds. The minimum Gasteiger partial charge on any atom is -0.497 e. The molecule has 0 aliphatic carbocycles. The maximum Gasteiger partial charge on any atom is 0.408 e. The van der Waals surface area contributed by atoms with Crippen molar-refractivity contribution in [3.63, 3.8) is 0 Å². The van der Waals surface area contributed by atoms with Crippen molar-refractivity contribution in [3.8, 4) is 0 Å². The summed E-state index contributed by atoms with van der Waals surface area (Å²) in [6, 6.07) is 0. The summed E-state index contributed by atoms with van der Waals surface area (Å²) in [4.78, 5) is 21.2. The third-order valence-corrected chi connectivity index (χ3v) is 3.26. The number of carbonyl (C=O) groups is 2. The van der Waals surface area contributed by atoms with E-state index in [9.17, 15) is 9.59 Å². The minimum atomic E-state index is -0.478. The molecule has 0 rings (SSSR count). The molecule has 0 aromatic carbocycles. The standard InChI is InChI=1S/C9H18N2O4.C5H12N2O2.C5H13N.C4H10/c1-3-15-9(12)11-8-14-7-6-13-5-4-10-2;1-3-9-5(8)7-4-6-2;1-2-3-4-5-6;1-3-4-2/h4-5,10H,3,6-8H2,1-2H3,(H,11,12);6H,3-4H2,1-2H3,(H,7,8);2-6H2,1H3;3-4H2,1-2H3/b5-4-;;;. The maximum atomic E-state index is 10.8. The minimum absolute atomic E-state index is 0.123. The highest BCUT2D eigenvalue weighted by Gasteiger charge is 1.97. The molecule has 0 aromatic rings. The van der Waals surface area contributed by atoms with E-state index < -0.39 is 6.09 Å². The molecule has 11 nitrogen and oxygen atoms in total. The third kappa shape index (κ3) is 52.0. The average molecular weight is 496 g/mol. The molecule has 0 spiro atoms. The summed E-state index contributed by atoms with van der Waals surface area (Å²) in [5, 5.41) is 10.4. The summed E-state index contributed by atoms with van der Waals surface area (Å²) in [7, 11) is 3.52. The first kappa shape index (κ1) is 39.0. The van der Waals surface area contributed by atoms with Crippen molar-refractivity contribution >= 4 is 12.2 Å². The van der Waals surface area contributed by atoms with E-state index in [4.69, 9.17) is 15.2 Å². The predicted octanol–water partition coefficient (Wildman–Crippen LogP) is 3.26. The molecule has 0 bridgehead atoms. The molecule has 0 fully saturated rings. The first-order valence-electron chi connectivity index (χ1n) is 12.1. The van der Waals surface area contributed by atoms with E-state index in [1.165, 1.54) is 38.4 Å². The first-order valence-corrected chi connectivity index (χ1v) is 12.1. The van der Waals surface area contributed by atoms with Gasteiger partial charge in [0, 0.05) is 13.2 Å². The highest BCUT2D eigenvalue weighted by Crippen LogP contribution is 1.88. The maximum absolute atomic E-state index is 10.8. The second kappa shape index (κ2) is 41.1. The number of hydrogen-bond acceptors (Lipinski definition) is 9. The molecular weight excluding hydrogens is 442 g/mol. The van der Waals surface area contributed by atoms with Gasteiger partial charge in [-0.2, -0.15) is 0 Å². The van der Waals surface area contributed by atoms with E-state index >= 15 is 0 Å². The molecule has 0 radical (unpaired) electrons. The topological polar surface area (TPSA) is 145 Å². The number of nitrogens with two attached hydrogens (primary N) is 1. The van der Waals surface area contributed by atoms with E-state index in [1.54, 1.807) is 34.1 Å². The van der Waals surface area contributed by atoms with Gasteiger partial charge in [-0.3, -0.25) is 5.32 Å². The van der Waals surface area contributed by atoms with Crippen LogP contribution in [0.4, 0.5) is 9.59 Å². The zero-order valence-corrected chi connectivity index (χ0v) is 22.7. The fourth-order valence-electron chi connectivity index (χ4n) is 1.39. The summed E-state index contributed by atoms with van der Waals surface area (Å²) in [6.45, 7) is 13.1. The number of hydrogen-bond donors (Lipinski definition) is 5. The lowest BCUT2D eigenvalue weighted by molar-refractivity contribution is 0.0672. The Morgan fingerprint density at radius 1 is 0.824 bits per heavy atom. The molecule has 6 N–H and O–H groups in total. The molecular formula is C23H53N5O6. The van der Waals surface area contributed by atoms with Gasteiger partial charge in [0.1, 0.15) is 13.3 Å². The second-order valence-electron chi connectivity index (χ2n) is 6.34. The Hall–Kier alpha value is -2.24. The molecule has 0 aliphatic heterocycles. The van der Waals surface area contributed by atoms with Gasteiger partial charge in [0.15, 0.2) is 0 Å². The monoisotopic (exact) mass is 495 g/mol. The Balaban J connectivity index is -0.000000200. The van der Waals surface area contributed by atoms with Crippen molar-refractivity contribution in [2.45, 2.75) is 66.7 Å². The van der Waals surface area contributed by atoms with Crippen LogP contribution in [0.2, 0.25) is 0 Å². The average Bonchev–Trinajstić information content (AvgIpc) is 2.84. The van der Waals surface area contributed by atoms with E-state index in [2.05, 4.69) is 51.5 Å². The van der Waals surface area contributed by atoms with Crippen LogP contribution in [0.3, 0.4) is 0 Å². The molecule has 0 heterocycles. The molecule has 11 heteroatoms. The van der Waals surface area contributed by atoms with Gasteiger partial charge in [-0.15, -0.1) is 0 Å². The van der Waals surface area contributed by atoms with Crippen LogP contribution in [0.25, 0.3) is 0 Å². The lowest BCUT2D eigenvalue weighted by Gasteiger charge is -2.06. The van der Waals surface area contributed by atoms with Crippen LogP contribution < -0.4 is 27.0 Å². The van der Waals surface area contributed by atoms with Crippen LogP contribution in [0.1, 0.15) is 66.7 Å². The first-order chi connectivity index (χ1) is 16.4. The van der Waals surface area contributed by atoms with Crippen LogP contribution in [-0.2, 0) is 18.9 Å². The highest BCUT2D eigenvalue weighted by molar-refractivity contribution is 5.67. The van der Waals surface area contributed by atoms with Crippen molar-refractivity contribution in [3.05, 3.63) is 12.5 Å². The number of alkyl carbamates (subject to hydrolysis) is 2. The molecule has 0 unspecified atom stereocenters. The number of carbonyl (C=O) groups excluding carboxylic acids is 2. The zero-order chi connectivity index (χ0) is 26.7. The molecule has 0 saturated heterocycles. The van der Waals surface area contributed by atoms with Crippen LogP contribution >= 0.6 is 0 Å². The Morgan fingerprint density at radius 2 is 1.41 bits per heavy atom. The van der Waals surface area contributed by atoms with Crippen molar-refractivity contribution in [1.29, 1.82) is 0 Å². The number of amides is 2. The Bertz CT molecular complexity index is 409. The number of unbranched alkanes of at least 4 members (excludes halogenated alkanes) is 3. The predicted molar refractivity (Wildman–Crippen MR) is 138 cm³/mol. The van der Waals surface area contributed by atoms with E-state index in [0.717, 1.165) is 6.54 Å². The third-order valence-electron chi connectivity index (χ3n) is 3.26. The Labute approximate surface area is 207 Å². The quantitative estimate of drug-likeness (QED) is 0.131. The van der Waals surface area contributed by atoms with Crippen LogP contribution in [-0.4, -0.2) is 72.7 Å². The lowest BCUT2D eigenvalue weighted by atomic mass is 10.3. The number of ether oxygens (including phenoxy) is 4. The summed E-state index contributed by atoms with van der Waals surface area (Å²) >= 11 is 0. The van der Waals surface area contributed by atoms with Crippen LogP contribution in [0.15, 0.2) is 12.5 Å². The Kier molecular flexibility index (Phi) is 47.1. The van der Waals surface area contributed by atoms with Crippen molar-refractivity contribution < 1.29 is 28.5 Å². The zero-order valence-electron chi connectivity index (χ0n) is 22.7. The molecule has 0 saturated carbocycles. The number of rotatable bonds is 15. The molecule has 0 aromatic heterocycles. The van der Waals surface area contributed by atoms with Crippen LogP contribution in [0.5, 0.6) is 0 Å². The Morgan fingerprint density at radius 3 is 1.82 bits per heavy atom. The second-order valence-corrected chi connectivity index (χ2v) is 6.34. The van der Waals surface area contributed by atoms with Gasteiger partial charge in [-0.25, -0.2) is 9.59 Å². The summed E-state index contributed by atoms with van der Waals surface area (Å²) in [6.07, 6.45) is 8.73.